The molecule has 0 spiro atoms. The van der Waals surface area contributed by atoms with Crippen LogP contribution in [0.4, 0.5) is 0 Å². The quantitative estimate of drug-likeness (QED) is 0.382. The number of hydrogen-bond donors (Lipinski definition) is 2. The molecule has 0 aliphatic carbocycles. The van der Waals surface area contributed by atoms with Crippen LogP contribution in [0.1, 0.15) is 39.1 Å². The molecule has 0 fully saturated rings. The minimum absolute atomic E-state index is 0.437. The molecule has 0 saturated carbocycles. The highest BCUT2D eigenvalue weighted by Crippen LogP contribution is 2.32. The van der Waals surface area contributed by atoms with Gasteiger partial charge in [-0.2, -0.15) is 0 Å². The smallest absolute Gasteiger partial charge is 0.227 e. The number of fused-ring (bicyclic) bond motifs is 2. The molecule has 0 aliphatic rings. The topological polar surface area (TPSA) is 104 Å². The van der Waals surface area contributed by atoms with E-state index in [0.717, 1.165) is 38.9 Å². The molecule has 2 heterocycles. The van der Waals surface area contributed by atoms with E-state index in [1.54, 1.807) is 0 Å². The van der Waals surface area contributed by atoms with E-state index in [2.05, 4.69) is 9.97 Å². The Kier molecular flexibility index (Phi) is 4.48. The normalized spacial score (nSPS) is 12.7. The zero-order valence-corrected chi connectivity index (χ0v) is 18.6. The van der Waals surface area contributed by atoms with E-state index in [-0.39, 0.29) is 0 Å². The molecule has 162 valence electrons. The lowest BCUT2D eigenvalue weighted by molar-refractivity contribution is 0.394. The highest BCUT2D eigenvalue weighted by Gasteiger charge is 2.22. The zero-order valence-electron chi connectivity index (χ0n) is 18.6. The predicted octanol–water partition coefficient (Wildman–Crippen LogP) is 5.69. The third-order valence-corrected chi connectivity index (χ3v) is 5.51. The first kappa shape index (κ1) is 20.4. The van der Waals surface area contributed by atoms with Crippen LogP contribution in [0, 0.1) is 0 Å². The number of nitrogens with zero attached hydrogens (tertiary/aromatic N) is 2. The second-order valence-electron chi connectivity index (χ2n) is 9.43. The van der Waals surface area contributed by atoms with Crippen LogP contribution in [0.5, 0.6) is 0 Å². The van der Waals surface area contributed by atoms with Gasteiger partial charge in [-0.25, -0.2) is 9.97 Å². The van der Waals surface area contributed by atoms with Gasteiger partial charge < -0.3 is 20.3 Å². The summed E-state index contributed by atoms with van der Waals surface area (Å²) in [5.41, 5.74) is 18.3. The van der Waals surface area contributed by atoms with Crippen molar-refractivity contribution >= 4 is 22.2 Å². The SMILES string of the molecule is CC(C)(N)c1cccc(-c2nc3ccc(-c4ccc5nc(C(C)(C)N)oc5c4)cc3o2)c1. The molecule has 0 aliphatic heterocycles. The Bertz CT molecular complexity index is 1450. The predicted molar refractivity (Wildman–Crippen MR) is 127 cm³/mol. The van der Waals surface area contributed by atoms with Gasteiger partial charge in [-0.05, 0) is 80.8 Å². The lowest BCUT2D eigenvalue weighted by atomic mass is 9.94. The van der Waals surface area contributed by atoms with Crippen LogP contribution in [0.15, 0.2) is 69.5 Å². The van der Waals surface area contributed by atoms with Crippen LogP contribution in [0.2, 0.25) is 0 Å². The Hall–Kier alpha value is -3.48. The van der Waals surface area contributed by atoms with E-state index in [0.29, 0.717) is 17.4 Å². The number of benzene rings is 3. The maximum absolute atomic E-state index is 6.26. The Balaban J connectivity index is 1.53. The van der Waals surface area contributed by atoms with E-state index in [4.69, 9.17) is 20.3 Å². The molecule has 0 bridgehead atoms. The van der Waals surface area contributed by atoms with Crippen molar-refractivity contribution < 1.29 is 8.83 Å². The zero-order chi connectivity index (χ0) is 22.7. The van der Waals surface area contributed by atoms with Gasteiger partial charge in [0, 0.05) is 11.1 Å². The first-order chi connectivity index (χ1) is 15.1. The first-order valence-corrected chi connectivity index (χ1v) is 10.6. The second kappa shape index (κ2) is 7.02. The van der Waals surface area contributed by atoms with Gasteiger partial charge in [0.1, 0.15) is 11.0 Å². The van der Waals surface area contributed by atoms with Crippen molar-refractivity contribution in [2.45, 2.75) is 38.8 Å². The standard InChI is InChI=1S/C26H26N4O2/c1-25(2,27)18-7-5-6-17(12-18)23-29-19-10-8-15(13-21(19)31-23)16-9-11-20-22(14-16)32-24(30-20)26(3,4)28/h5-14H,27-28H2,1-4H3. The summed E-state index contributed by atoms with van der Waals surface area (Å²) >= 11 is 0. The molecular weight excluding hydrogens is 400 g/mol. The Labute approximate surface area is 186 Å². The summed E-state index contributed by atoms with van der Waals surface area (Å²) in [6.07, 6.45) is 0. The fraction of sp³-hybridized carbons (Fsp3) is 0.231. The van der Waals surface area contributed by atoms with Crippen LogP contribution in [-0.2, 0) is 11.1 Å². The molecule has 4 N–H and O–H groups in total. The summed E-state index contributed by atoms with van der Waals surface area (Å²) in [6.45, 7) is 7.71. The molecule has 6 heteroatoms. The average molecular weight is 427 g/mol. The number of nitrogens with two attached hydrogens (primary N) is 2. The summed E-state index contributed by atoms with van der Waals surface area (Å²) in [7, 11) is 0. The van der Waals surface area contributed by atoms with Gasteiger partial charge in [0.15, 0.2) is 11.2 Å². The minimum atomic E-state index is -0.634. The highest BCUT2D eigenvalue weighted by atomic mass is 16.4. The Morgan fingerprint density at radius 3 is 1.91 bits per heavy atom. The maximum atomic E-state index is 6.26. The average Bonchev–Trinajstić information content (AvgIpc) is 3.36. The maximum Gasteiger partial charge on any atom is 0.227 e. The van der Waals surface area contributed by atoms with Crippen molar-refractivity contribution in [1.82, 2.24) is 9.97 Å². The van der Waals surface area contributed by atoms with Gasteiger partial charge >= 0.3 is 0 Å². The first-order valence-electron chi connectivity index (χ1n) is 10.6. The van der Waals surface area contributed by atoms with Gasteiger partial charge in [0.05, 0.1) is 5.54 Å². The highest BCUT2D eigenvalue weighted by molar-refractivity contribution is 5.85. The molecule has 0 unspecified atom stereocenters. The van der Waals surface area contributed by atoms with Crippen LogP contribution >= 0.6 is 0 Å². The molecule has 5 aromatic rings. The van der Waals surface area contributed by atoms with E-state index in [1.807, 2.05) is 88.4 Å². The minimum Gasteiger partial charge on any atom is -0.439 e. The van der Waals surface area contributed by atoms with Crippen molar-refractivity contribution in [3.8, 4) is 22.6 Å². The molecule has 0 radical (unpaired) electrons. The Morgan fingerprint density at radius 2 is 1.28 bits per heavy atom. The third kappa shape index (κ3) is 3.68. The van der Waals surface area contributed by atoms with Crippen molar-refractivity contribution in [3.63, 3.8) is 0 Å². The fourth-order valence-electron chi connectivity index (χ4n) is 3.66. The largest absolute Gasteiger partial charge is 0.439 e. The van der Waals surface area contributed by atoms with Gasteiger partial charge in [-0.15, -0.1) is 0 Å². The molecule has 2 aromatic heterocycles. The van der Waals surface area contributed by atoms with Crippen molar-refractivity contribution in [3.05, 3.63) is 72.1 Å². The van der Waals surface area contributed by atoms with Crippen molar-refractivity contribution in [1.29, 1.82) is 0 Å². The Morgan fingerprint density at radius 1 is 0.656 bits per heavy atom. The van der Waals surface area contributed by atoms with Crippen LogP contribution in [-0.4, -0.2) is 9.97 Å². The number of oxazole rings is 2. The van der Waals surface area contributed by atoms with E-state index in [1.165, 1.54) is 0 Å². The lowest BCUT2D eigenvalue weighted by Gasteiger charge is -2.19. The third-order valence-electron chi connectivity index (χ3n) is 5.51. The number of hydrogen-bond acceptors (Lipinski definition) is 6. The van der Waals surface area contributed by atoms with E-state index >= 15 is 0 Å². The molecule has 0 atom stereocenters. The molecule has 6 nitrogen and oxygen atoms in total. The fourth-order valence-corrected chi connectivity index (χ4v) is 3.66. The molecule has 3 aromatic carbocycles. The molecule has 32 heavy (non-hydrogen) atoms. The van der Waals surface area contributed by atoms with E-state index in [9.17, 15) is 0 Å². The summed E-state index contributed by atoms with van der Waals surface area (Å²) in [5.74, 6) is 1.09. The van der Waals surface area contributed by atoms with Gasteiger partial charge in [0.2, 0.25) is 11.8 Å². The van der Waals surface area contributed by atoms with Gasteiger partial charge in [-0.3, -0.25) is 0 Å². The van der Waals surface area contributed by atoms with Crippen molar-refractivity contribution in [2.24, 2.45) is 11.5 Å². The number of aromatic nitrogens is 2. The van der Waals surface area contributed by atoms with Crippen LogP contribution < -0.4 is 11.5 Å². The van der Waals surface area contributed by atoms with Crippen molar-refractivity contribution in [2.75, 3.05) is 0 Å². The summed E-state index contributed by atoms with van der Waals surface area (Å²) in [6, 6.07) is 19.9. The monoisotopic (exact) mass is 426 g/mol. The van der Waals surface area contributed by atoms with Crippen LogP contribution in [0.25, 0.3) is 44.8 Å². The van der Waals surface area contributed by atoms with Crippen LogP contribution in [0.3, 0.4) is 0 Å². The summed E-state index contributed by atoms with van der Waals surface area (Å²) < 4.78 is 12.0. The van der Waals surface area contributed by atoms with Gasteiger partial charge in [0.25, 0.3) is 0 Å². The molecule has 0 amide bonds. The summed E-state index contributed by atoms with van der Waals surface area (Å²) in [5, 5.41) is 0. The van der Waals surface area contributed by atoms with Gasteiger partial charge in [-0.1, -0.05) is 24.3 Å². The molecule has 5 rings (SSSR count). The molecular formula is C26H26N4O2. The van der Waals surface area contributed by atoms with E-state index < -0.39 is 11.1 Å². The second-order valence-corrected chi connectivity index (χ2v) is 9.43. The number of rotatable bonds is 4. The lowest BCUT2D eigenvalue weighted by Crippen LogP contribution is -2.28. The summed E-state index contributed by atoms with van der Waals surface area (Å²) in [4.78, 5) is 9.17. The molecule has 0 saturated heterocycles.